The van der Waals surface area contributed by atoms with Gasteiger partial charge in [-0.1, -0.05) is 11.6 Å². The largest absolute Gasteiger partial charge is 0.473 e. The second kappa shape index (κ2) is 3.47. The third kappa shape index (κ3) is 2.08. The molecular weight excluding hydrogens is 190 g/mol. The van der Waals surface area contributed by atoms with Crippen molar-refractivity contribution in [2.45, 2.75) is 25.0 Å². The van der Waals surface area contributed by atoms with Crippen molar-refractivity contribution in [2.75, 3.05) is 0 Å². The smallest absolute Gasteiger partial charge is 0.234 e. The van der Waals surface area contributed by atoms with E-state index in [1.54, 1.807) is 6.20 Å². The van der Waals surface area contributed by atoms with Gasteiger partial charge in [-0.05, 0) is 12.8 Å². The van der Waals surface area contributed by atoms with Crippen LogP contribution in [0, 0.1) is 0 Å². The van der Waals surface area contributed by atoms with Crippen LogP contribution in [0.5, 0.6) is 5.88 Å². The zero-order chi connectivity index (χ0) is 9.26. The molecule has 0 unspecified atom stereocenters. The van der Waals surface area contributed by atoms with Crippen molar-refractivity contribution in [1.82, 2.24) is 9.97 Å². The molecule has 0 amide bonds. The molecule has 5 heteroatoms. The fraction of sp³-hybridized carbons (Fsp3) is 0.500. The van der Waals surface area contributed by atoms with Gasteiger partial charge in [0.15, 0.2) is 5.15 Å². The van der Waals surface area contributed by atoms with Gasteiger partial charge in [-0.25, -0.2) is 0 Å². The van der Waals surface area contributed by atoms with Crippen molar-refractivity contribution in [2.24, 2.45) is 5.73 Å². The molecule has 1 aromatic heterocycles. The maximum Gasteiger partial charge on any atom is 0.234 e. The monoisotopic (exact) mass is 199 g/mol. The van der Waals surface area contributed by atoms with Crippen molar-refractivity contribution in [3.05, 3.63) is 17.5 Å². The van der Waals surface area contributed by atoms with Crippen LogP contribution in [-0.4, -0.2) is 22.1 Å². The Kier molecular flexibility index (Phi) is 2.33. The molecule has 13 heavy (non-hydrogen) atoms. The summed E-state index contributed by atoms with van der Waals surface area (Å²) >= 11 is 5.64. The molecule has 70 valence electrons. The highest BCUT2D eigenvalue weighted by atomic mass is 35.5. The SMILES string of the molecule is NC1CC(Oc2cncc(Cl)n2)C1. The molecule has 0 aliphatic heterocycles. The number of nitrogens with zero attached hydrogens (tertiary/aromatic N) is 2. The summed E-state index contributed by atoms with van der Waals surface area (Å²) in [6, 6.07) is 0.275. The number of aromatic nitrogens is 2. The molecule has 0 radical (unpaired) electrons. The molecule has 0 spiro atoms. The minimum absolute atomic E-state index is 0.183. The Morgan fingerprint density at radius 1 is 1.46 bits per heavy atom. The highest BCUT2D eigenvalue weighted by Crippen LogP contribution is 2.23. The average Bonchev–Trinajstić information content (AvgIpc) is 2.01. The van der Waals surface area contributed by atoms with Crippen molar-refractivity contribution in [3.8, 4) is 5.88 Å². The van der Waals surface area contributed by atoms with Gasteiger partial charge in [0.25, 0.3) is 0 Å². The first kappa shape index (κ1) is 8.72. The van der Waals surface area contributed by atoms with E-state index in [1.165, 1.54) is 6.20 Å². The van der Waals surface area contributed by atoms with Gasteiger partial charge in [0, 0.05) is 6.04 Å². The van der Waals surface area contributed by atoms with E-state index in [2.05, 4.69) is 9.97 Å². The van der Waals surface area contributed by atoms with Crippen molar-refractivity contribution in [1.29, 1.82) is 0 Å². The molecule has 0 aromatic carbocycles. The first-order chi connectivity index (χ1) is 6.24. The predicted octanol–water partition coefficient (Wildman–Crippen LogP) is 0.998. The van der Waals surface area contributed by atoms with Gasteiger partial charge in [0.1, 0.15) is 6.10 Å². The summed E-state index contributed by atoms with van der Waals surface area (Å²) in [6.45, 7) is 0. The fourth-order valence-corrected chi connectivity index (χ4v) is 1.40. The number of halogens is 1. The molecule has 2 rings (SSSR count). The summed E-state index contributed by atoms with van der Waals surface area (Å²) in [5.41, 5.74) is 5.61. The summed E-state index contributed by atoms with van der Waals surface area (Å²) in [7, 11) is 0. The molecule has 1 fully saturated rings. The minimum Gasteiger partial charge on any atom is -0.473 e. The normalized spacial score (nSPS) is 26.6. The molecule has 1 saturated carbocycles. The maximum absolute atomic E-state index is 5.64. The summed E-state index contributed by atoms with van der Waals surface area (Å²) in [6.07, 6.45) is 4.97. The molecule has 0 bridgehead atoms. The standard InChI is InChI=1S/C8H10ClN3O/c9-7-3-11-4-8(12-7)13-6-1-5(10)2-6/h3-6H,1-2,10H2. The number of rotatable bonds is 2. The van der Waals surface area contributed by atoms with Crippen molar-refractivity contribution >= 4 is 11.6 Å². The highest BCUT2D eigenvalue weighted by Gasteiger charge is 2.27. The van der Waals surface area contributed by atoms with Gasteiger partial charge in [-0.15, -0.1) is 0 Å². The van der Waals surface area contributed by atoms with Gasteiger partial charge >= 0.3 is 0 Å². The summed E-state index contributed by atoms with van der Waals surface area (Å²) < 4.78 is 5.46. The molecule has 1 heterocycles. The Morgan fingerprint density at radius 3 is 2.85 bits per heavy atom. The number of nitrogens with two attached hydrogens (primary N) is 1. The van der Waals surface area contributed by atoms with E-state index in [9.17, 15) is 0 Å². The Balaban J connectivity index is 1.94. The van der Waals surface area contributed by atoms with Crippen LogP contribution in [0.15, 0.2) is 12.4 Å². The molecule has 1 aromatic rings. The van der Waals surface area contributed by atoms with Crippen LogP contribution in [0.25, 0.3) is 0 Å². The lowest BCUT2D eigenvalue weighted by Gasteiger charge is -2.31. The first-order valence-electron chi connectivity index (χ1n) is 4.14. The van der Waals surface area contributed by atoms with Crippen molar-refractivity contribution in [3.63, 3.8) is 0 Å². The molecule has 2 N–H and O–H groups in total. The fourth-order valence-electron chi connectivity index (χ4n) is 1.26. The summed E-state index contributed by atoms with van der Waals surface area (Å²) in [4.78, 5) is 7.82. The van der Waals surface area contributed by atoms with Crippen LogP contribution in [0.3, 0.4) is 0 Å². The lowest BCUT2D eigenvalue weighted by Crippen LogP contribution is -2.43. The van der Waals surface area contributed by atoms with E-state index in [-0.39, 0.29) is 12.1 Å². The van der Waals surface area contributed by atoms with E-state index in [4.69, 9.17) is 22.1 Å². The quantitative estimate of drug-likeness (QED) is 0.772. The average molecular weight is 200 g/mol. The van der Waals surface area contributed by atoms with Gasteiger partial charge in [0.05, 0.1) is 12.4 Å². The predicted molar refractivity (Wildman–Crippen MR) is 48.7 cm³/mol. The molecule has 1 aliphatic rings. The van der Waals surface area contributed by atoms with E-state index in [1.807, 2.05) is 0 Å². The molecule has 0 atom stereocenters. The third-order valence-corrected chi connectivity index (χ3v) is 2.18. The van der Waals surface area contributed by atoms with Gasteiger partial charge in [0.2, 0.25) is 5.88 Å². The second-order valence-electron chi connectivity index (χ2n) is 3.15. The molecule has 0 saturated heterocycles. The van der Waals surface area contributed by atoms with Gasteiger partial charge < -0.3 is 10.5 Å². The van der Waals surface area contributed by atoms with Crippen LogP contribution in [-0.2, 0) is 0 Å². The van der Waals surface area contributed by atoms with Crippen molar-refractivity contribution < 1.29 is 4.74 Å². The molecular formula is C8H10ClN3O. The number of ether oxygens (including phenoxy) is 1. The van der Waals surface area contributed by atoms with Gasteiger partial charge in [-0.3, -0.25) is 4.98 Å². The molecule has 1 aliphatic carbocycles. The Hall–Kier alpha value is -0.870. The van der Waals surface area contributed by atoms with E-state index in [0.717, 1.165) is 12.8 Å². The Bertz CT molecular complexity index is 301. The minimum atomic E-state index is 0.183. The highest BCUT2D eigenvalue weighted by molar-refractivity contribution is 6.29. The van der Waals surface area contributed by atoms with E-state index in [0.29, 0.717) is 11.0 Å². The Labute approximate surface area is 81.1 Å². The molecule has 4 nitrogen and oxygen atoms in total. The van der Waals surface area contributed by atoms with Crippen LogP contribution < -0.4 is 10.5 Å². The third-order valence-electron chi connectivity index (χ3n) is 2.00. The van der Waals surface area contributed by atoms with Crippen LogP contribution in [0.4, 0.5) is 0 Å². The number of hydrogen-bond acceptors (Lipinski definition) is 4. The lowest BCUT2D eigenvalue weighted by molar-refractivity contribution is 0.0954. The van der Waals surface area contributed by atoms with Crippen LogP contribution >= 0.6 is 11.6 Å². The second-order valence-corrected chi connectivity index (χ2v) is 3.54. The first-order valence-corrected chi connectivity index (χ1v) is 4.51. The van der Waals surface area contributed by atoms with Crippen LogP contribution in [0.2, 0.25) is 5.15 Å². The summed E-state index contributed by atoms with van der Waals surface area (Å²) in [5, 5.41) is 0.348. The topological polar surface area (TPSA) is 61.0 Å². The Morgan fingerprint density at radius 2 is 2.23 bits per heavy atom. The van der Waals surface area contributed by atoms with E-state index < -0.39 is 0 Å². The zero-order valence-electron chi connectivity index (χ0n) is 6.98. The number of hydrogen-bond donors (Lipinski definition) is 1. The lowest BCUT2D eigenvalue weighted by atomic mass is 9.90. The summed E-state index contributed by atoms with van der Waals surface area (Å²) in [5.74, 6) is 0.476. The van der Waals surface area contributed by atoms with E-state index >= 15 is 0 Å². The maximum atomic E-state index is 5.64. The zero-order valence-corrected chi connectivity index (χ0v) is 7.74. The van der Waals surface area contributed by atoms with Crippen LogP contribution in [0.1, 0.15) is 12.8 Å². The van der Waals surface area contributed by atoms with Gasteiger partial charge in [-0.2, -0.15) is 4.98 Å².